The van der Waals surface area contributed by atoms with Crippen LogP contribution in [0.1, 0.15) is 44.6 Å². The molecule has 292 valence electrons. The second kappa shape index (κ2) is 15.4. The zero-order valence-corrected chi connectivity index (χ0v) is 31.2. The number of alkyl halides is 6. The molecule has 0 fully saturated rings. The maximum atomic E-state index is 12.9. The van der Waals surface area contributed by atoms with Crippen LogP contribution in [0.3, 0.4) is 0 Å². The second-order valence-electron chi connectivity index (χ2n) is 12.9. The Labute approximate surface area is 312 Å². The Balaban J connectivity index is 0.000000246. The lowest BCUT2D eigenvalue weighted by atomic mass is 10.1. The lowest BCUT2D eigenvalue weighted by Gasteiger charge is -2.24. The zero-order chi connectivity index (χ0) is 41.2. The SMILES string of the molecule is CC(C)(C(=O)Nc1cccc2ccccc12)S(=O)(=O)c1ccc(C(F)(F)F)nc1.Cc1ccc(NC(=O)C(C)(C)S(=O)(=O)c2ccc(C(F)(F)F)nc2)nc1. The Morgan fingerprint density at radius 3 is 1.47 bits per heavy atom. The van der Waals surface area contributed by atoms with Crippen LogP contribution in [0, 0.1) is 6.92 Å². The Morgan fingerprint density at radius 1 is 0.564 bits per heavy atom. The van der Waals surface area contributed by atoms with Crippen LogP contribution in [0.15, 0.2) is 107 Å². The van der Waals surface area contributed by atoms with Crippen molar-refractivity contribution in [1.29, 1.82) is 0 Å². The van der Waals surface area contributed by atoms with Crippen LogP contribution in [-0.4, -0.2) is 53.1 Å². The third-order valence-corrected chi connectivity index (χ3v) is 13.1. The molecule has 0 saturated heterocycles. The molecule has 0 spiro atoms. The van der Waals surface area contributed by atoms with Crippen LogP contribution in [0.5, 0.6) is 0 Å². The van der Waals surface area contributed by atoms with Gasteiger partial charge in [-0.1, -0.05) is 42.5 Å². The molecule has 0 atom stereocenters. The van der Waals surface area contributed by atoms with Crippen molar-refractivity contribution in [3.63, 3.8) is 0 Å². The first-order chi connectivity index (χ1) is 25.3. The number of benzene rings is 2. The van der Waals surface area contributed by atoms with E-state index in [-0.39, 0.29) is 5.82 Å². The molecule has 0 bridgehead atoms. The number of hydrogen-bond acceptors (Lipinski definition) is 9. The van der Waals surface area contributed by atoms with Gasteiger partial charge in [0, 0.05) is 29.7 Å². The molecule has 0 radical (unpaired) electrons. The van der Waals surface area contributed by atoms with Gasteiger partial charge in [0.05, 0.1) is 9.79 Å². The molecule has 5 aromatic rings. The highest BCUT2D eigenvalue weighted by molar-refractivity contribution is 7.94. The van der Waals surface area contributed by atoms with Gasteiger partial charge in [-0.2, -0.15) is 26.3 Å². The number of nitrogens with zero attached hydrogens (tertiary/aromatic N) is 3. The third-order valence-electron chi connectivity index (χ3n) is 8.30. The number of aromatic nitrogens is 3. The van der Waals surface area contributed by atoms with Crippen molar-refractivity contribution in [3.8, 4) is 0 Å². The van der Waals surface area contributed by atoms with Gasteiger partial charge in [0.25, 0.3) is 0 Å². The lowest BCUT2D eigenvalue weighted by molar-refractivity contribution is -0.142. The third kappa shape index (κ3) is 9.10. The number of rotatable bonds is 8. The van der Waals surface area contributed by atoms with E-state index in [4.69, 9.17) is 0 Å². The number of sulfone groups is 2. The van der Waals surface area contributed by atoms with Gasteiger partial charge < -0.3 is 10.6 Å². The van der Waals surface area contributed by atoms with Crippen molar-refractivity contribution in [3.05, 3.63) is 114 Å². The van der Waals surface area contributed by atoms with E-state index in [1.807, 2.05) is 18.2 Å². The zero-order valence-electron chi connectivity index (χ0n) is 29.6. The van der Waals surface area contributed by atoms with Gasteiger partial charge in [-0.05, 0) is 82.0 Å². The summed E-state index contributed by atoms with van der Waals surface area (Å²) in [4.78, 5) is 34.6. The number of anilines is 2. The first-order valence-electron chi connectivity index (χ1n) is 15.9. The number of halogens is 6. The average Bonchev–Trinajstić information content (AvgIpc) is 3.12. The van der Waals surface area contributed by atoms with Crippen LogP contribution in [0.2, 0.25) is 0 Å². The first-order valence-corrected chi connectivity index (χ1v) is 18.9. The highest BCUT2D eigenvalue weighted by Crippen LogP contribution is 2.33. The molecule has 0 aliphatic heterocycles. The standard InChI is InChI=1S/C20H17F3N2O3S.C16H16F3N3O3S/c1-19(2,29(27,28)14-10-11-17(24-12-14)20(21,22)23)18(26)25-16-9-5-7-13-6-3-4-8-15(13)16;1-10-4-7-13(21-8-10)22-14(23)15(2,3)26(24,25)11-5-6-12(20-9-11)16(17,18)19/h3-12H,1-2H3,(H,25,26);4-9H,1-3H3,(H,21,22,23). The lowest BCUT2D eigenvalue weighted by Crippen LogP contribution is -2.44. The number of pyridine rings is 3. The number of carbonyl (C=O) groups excluding carboxylic acids is 2. The molecule has 5 rings (SSSR count). The summed E-state index contributed by atoms with van der Waals surface area (Å²) in [5.41, 5.74) is -1.15. The van der Waals surface area contributed by atoms with Crippen LogP contribution in [0.4, 0.5) is 37.8 Å². The number of carbonyl (C=O) groups is 2. The van der Waals surface area contributed by atoms with Crippen LogP contribution < -0.4 is 10.6 Å². The molecule has 3 heterocycles. The second-order valence-corrected chi connectivity index (χ2v) is 17.9. The van der Waals surface area contributed by atoms with E-state index >= 15 is 0 Å². The van der Waals surface area contributed by atoms with Crippen LogP contribution in [-0.2, 0) is 41.6 Å². The summed E-state index contributed by atoms with van der Waals surface area (Å²) in [6.45, 7) is 6.50. The van der Waals surface area contributed by atoms with E-state index in [9.17, 15) is 52.8 Å². The summed E-state index contributed by atoms with van der Waals surface area (Å²) in [6.07, 6.45) is -6.67. The summed E-state index contributed by atoms with van der Waals surface area (Å²) >= 11 is 0. The van der Waals surface area contributed by atoms with Crippen molar-refractivity contribution < 1.29 is 52.8 Å². The fourth-order valence-corrected chi connectivity index (χ4v) is 7.31. The van der Waals surface area contributed by atoms with E-state index in [0.717, 1.165) is 42.3 Å². The number of fused-ring (bicyclic) bond motifs is 1. The molecule has 2 amide bonds. The number of aryl methyl sites for hydroxylation is 1. The molecule has 0 aliphatic carbocycles. The minimum absolute atomic E-state index is 0.161. The van der Waals surface area contributed by atoms with Crippen molar-refractivity contribution >= 4 is 53.8 Å². The molecule has 2 aromatic carbocycles. The highest BCUT2D eigenvalue weighted by atomic mass is 32.2. The predicted octanol–water partition coefficient (Wildman–Crippen LogP) is 7.44. The van der Waals surface area contributed by atoms with Crippen molar-refractivity contribution in [2.75, 3.05) is 10.6 Å². The molecule has 2 N–H and O–H groups in total. The maximum Gasteiger partial charge on any atom is 0.433 e. The van der Waals surface area contributed by atoms with Crippen LogP contribution in [0.25, 0.3) is 10.8 Å². The minimum Gasteiger partial charge on any atom is -0.324 e. The first kappa shape index (κ1) is 42.3. The van der Waals surface area contributed by atoms with E-state index in [2.05, 4.69) is 25.6 Å². The number of nitrogens with one attached hydrogen (secondary N) is 2. The summed E-state index contributed by atoms with van der Waals surface area (Å²) in [6, 6.07) is 18.4. The fourth-order valence-electron chi connectivity index (χ4n) is 4.66. The Kier molecular flexibility index (Phi) is 11.8. The smallest absolute Gasteiger partial charge is 0.324 e. The molecule has 0 saturated carbocycles. The minimum atomic E-state index is -4.69. The van der Waals surface area contributed by atoms with E-state index in [1.54, 1.807) is 37.3 Å². The summed E-state index contributed by atoms with van der Waals surface area (Å²) in [5, 5.41) is 6.60. The van der Waals surface area contributed by atoms with Crippen molar-refractivity contribution in [2.24, 2.45) is 0 Å². The normalized spacial score (nSPS) is 12.7. The summed E-state index contributed by atoms with van der Waals surface area (Å²) in [5.74, 6) is -1.52. The Hall–Kier alpha value is -5.43. The summed E-state index contributed by atoms with van der Waals surface area (Å²) in [7, 11) is -8.61. The average molecular weight is 810 g/mol. The highest BCUT2D eigenvalue weighted by Gasteiger charge is 2.45. The van der Waals surface area contributed by atoms with Gasteiger partial charge in [0.1, 0.15) is 26.7 Å². The largest absolute Gasteiger partial charge is 0.433 e. The Bertz CT molecular complexity index is 2410. The van der Waals surface area contributed by atoms with Gasteiger partial charge in [-0.15, -0.1) is 0 Å². The topological polar surface area (TPSA) is 165 Å². The monoisotopic (exact) mass is 809 g/mol. The summed E-state index contributed by atoms with van der Waals surface area (Å²) < 4.78 is 123. The van der Waals surface area contributed by atoms with Crippen molar-refractivity contribution in [2.45, 2.75) is 66.3 Å². The predicted molar refractivity (Wildman–Crippen MR) is 191 cm³/mol. The van der Waals surface area contributed by atoms with Crippen molar-refractivity contribution in [1.82, 2.24) is 15.0 Å². The Morgan fingerprint density at radius 2 is 1.04 bits per heavy atom. The molecule has 11 nitrogen and oxygen atoms in total. The molecule has 3 aromatic heterocycles. The number of hydrogen-bond donors (Lipinski definition) is 2. The molecular weight excluding hydrogens is 777 g/mol. The van der Waals surface area contributed by atoms with Gasteiger partial charge in [-0.3, -0.25) is 19.6 Å². The maximum absolute atomic E-state index is 12.9. The molecule has 19 heteroatoms. The van der Waals surface area contributed by atoms with E-state index in [1.165, 1.54) is 26.1 Å². The van der Waals surface area contributed by atoms with E-state index < -0.39 is 74.5 Å². The molecule has 0 aliphatic rings. The van der Waals surface area contributed by atoms with E-state index in [0.29, 0.717) is 30.2 Å². The quantitative estimate of drug-likeness (QED) is 0.152. The fraction of sp³-hybridized carbons (Fsp3) is 0.250. The van der Waals surface area contributed by atoms with Gasteiger partial charge in [0.15, 0.2) is 19.7 Å². The van der Waals surface area contributed by atoms with Gasteiger partial charge in [0.2, 0.25) is 11.8 Å². The number of amides is 2. The molecule has 0 unspecified atom stereocenters. The molecular formula is C36H33F6N5O6S2. The van der Waals surface area contributed by atoms with Gasteiger partial charge >= 0.3 is 12.4 Å². The van der Waals surface area contributed by atoms with Gasteiger partial charge in [-0.25, -0.2) is 21.8 Å². The van der Waals surface area contributed by atoms with Crippen LogP contribution >= 0.6 is 0 Å². The molecule has 55 heavy (non-hydrogen) atoms.